The van der Waals surface area contributed by atoms with Crippen molar-refractivity contribution in [3.8, 4) is 5.75 Å². The van der Waals surface area contributed by atoms with Crippen LogP contribution < -0.4 is 10.1 Å². The van der Waals surface area contributed by atoms with E-state index in [9.17, 15) is 9.59 Å². The minimum Gasteiger partial charge on any atom is -0.483 e. The molecule has 0 aliphatic heterocycles. The summed E-state index contributed by atoms with van der Waals surface area (Å²) in [6.45, 7) is 12.1. The molecule has 0 unspecified atom stereocenters. The molecule has 2 rings (SSSR count). The van der Waals surface area contributed by atoms with Crippen LogP contribution in [0.2, 0.25) is 10.0 Å². The molecular weight excluding hydrogens is 471 g/mol. The molecular formula is C27H36Cl2N2O3. The first-order valence-corrected chi connectivity index (χ1v) is 12.5. The predicted octanol–water partition coefficient (Wildman–Crippen LogP) is 6.39. The Hall–Kier alpha value is -2.24. The molecule has 0 fully saturated rings. The number of para-hydroxylation sites is 1. The van der Waals surface area contributed by atoms with Gasteiger partial charge in [0.15, 0.2) is 6.61 Å². The first-order chi connectivity index (χ1) is 16.0. The number of carbonyl (C=O) groups is 2. The largest absolute Gasteiger partial charge is 0.483 e. The number of benzene rings is 2. The fraction of sp³-hybridized carbons (Fsp3) is 0.481. The molecule has 0 spiro atoms. The second-order valence-corrected chi connectivity index (χ2v) is 10.4. The Morgan fingerprint density at radius 2 is 1.74 bits per heavy atom. The molecule has 0 aliphatic carbocycles. The van der Waals surface area contributed by atoms with E-state index < -0.39 is 6.04 Å². The van der Waals surface area contributed by atoms with Crippen molar-refractivity contribution in [1.29, 1.82) is 0 Å². The number of ether oxygens (including phenoxy) is 1. The highest BCUT2D eigenvalue weighted by molar-refractivity contribution is 6.35. The van der Waals surface area contributed by atoms with Gasteiger partial charge in [0.25, 0.3) is 5.91 Å². The van der Waals surface area contributed by atoms with E-state index >= 15 is 0 Å². The lowest BCUT2D eigenvalue weighted by atomic mass is 9.86. The third-order valence-corrected chi connectivity index (χ3v) is 6.38. The molecule has 0 radical (unpaired) electrons. The van der Waals surface area contributed by atoms with Gasteiger partial charge in [0, 0.05) is 22.6 Å². The smallest absolute Gasteiger partial charge is 0.261 e. The van der Waals surface area contributed by atoms with Crippen LogP contribution in [0.3, 0.4) is 0 Å². The molecule has 0 aliphatic rings. The van der Waals surface area contributed by atoms with Crippen LogP contribution in [0.15, 0.2) is 42.5 Å². The maximum absolute atomic E-state index is 13.5. The number of halogens is 2. The summed E-state index contributed by atoms with van der Waals surface area (Å²) in [5.41, 5.74) is 1.58. The average Bonchev–Trinajstić information content (AvgIpc) is 2.78. The van der Waals surface area contributed by atoms with Crippen molar-refractivity contribution in [2.45, 2.75) is 78.4 Å². The van der Waals surface area contributed by atoms with E-state index in [0.29, 0.717) is 27.8 Å². The van der Waals surface area contributed by atoms with Crippen molar-refractivity contribution in [3.63, 3.8) is 0 Å². The number of nitrogens with one attached hydrogen (secondary N) is 1. The molecule has 5 nitrogen and oxygen atoms in total. The summed E-state index contributed by atoms with van der Waals surface area (Å²) in [4.78, 5) is 28.1. The fourth-order valence-electron chi connectivity index (χ4n) is 3.63. The van der Waals surface area contributed by atoms with Crippen molar-refractivity contribution in [3.05, 3.63) is 63.6 Å². The van der Waals surface area contributed by atoms with Gasteiger partial charge in [-0.2, -0.15) is 0 Å². The van der Waals surface area contributed by atoms with E-state index in [1.165, 1.54) is 0 Å². The zero-order valence-corrected chi connectivity index (χ0v) is 22.5. The molecule has 34 heavy (non-hydrogen) atoms. The highest BCUT2D eigenvalue weighted by Crippen LogP contribution is 2.31. The van der Waals surface area contributed by atoms with Gasteiger partial charge in [-0.3, -0.25) is 9.59 Å². The maximum atomic E-state index is 13.5. The Kier molecular flexibility index (Phi) is 10.3. The molecule has 0 bridgehead atoms. The minimum absolute atomic E-state index is 0.00698. The Morgan fingerprint density at radius 3 is 2.32 bits per heavy atom. The average molecular weight is 508 g/mol. The van der Waals surface area contributed by atoms with Gasteiger partial charge < -0.3 is 15.0 Å². The van der Waals surface area contributed by atoms with Gasteiger partial charge in [-0.15, -0.1) is 0 Å². The standard InChI is InChI=1S/C27H36Cl2N2O3/c1-7-18(3)30-26(33)23(8-2)31(16-19-13-14-20(28)15-22(19)29)25(32)17-34-24-12-10-9-11-21(24)27(4,5)6/h9-15,18,23H,7-8,16-17H2,1-6H3,(H,30,33)/t18-,23+/m1/s1. The van der Waals surface area contributed by atoms with E-state index in [0.717, 1.165) is 12.0 Å². The minimum atomic E-state index is -0.658. The van der Waals surface area contributed by atoms with Crippen LogP contribution in [0.1, 0.15) is 65.5 Å². The zero-order valence-electron chi connectivity index (χ0n) is 21.0. The van der Waals surface area contributed by atoms with E-state index in [2.05, 4.69) is 26.1 Å². The molecule has 0 saturated heterocycles. The number of hydrogen-bond acceptors (Lipinski definition) is 3. The van der Waals surface area contributed by atoms with Gasteiger partial charge in [0.05, 0.1) is 0 Å². The van der Waals surface area contributed by atoms with Crippen molar-refractivity contribution < 1.29 is 14.3 Å². The molecule has 0 saturated carbocycles. The number of rotatable bonds is 10. The number of carbonyl (C=O) groups excluding carboxylic acids is 2. The van der Waals surface area contributed by atoms with Gasteiger partial charge in [-0.1, -0.05) is 82.1 Å². The van der Waals surface area contributed by atoms with Crippen molar-refractivity contribution >= 4 is 35.0 Å². The predicted molar refractivity (Wildman–Crippen MR) is 140 cm³/mol. The molecule has 2 atom stereocenters. The van der Waals surface area contributed by atoms with Gasteiger partial charge in [-0.25, -0.2) is 0 Å². The summed E-state index contributed by atoms with van der Waals surface area (Å²) in [6, 6.07) is 12.2. The van der Waals surface area contributed by atoms with Crippen LogP contribution in [0.5, 0.6) is 5.75 Å². The molecule has 0 heterocycles. The van der Waals surface area contributed by atoms with Crippen LogP contribution in [-0.2, 0) is 21.5 Å². The second-order valence-electron chi connectivity index (χ2n) is 9.53. The molecule has 7 heteroatoms. The Labute approximate surface area is 213 Å². The van der Waals surface area contributed by atoms with E-state index in [1.807, 2.05) is 45.0 Å². The first kappa shape index (κ1) is 28.0. The topological polar surface area (TPSA) is 58.6 Å². The quantitative estimate of drug-likeness (QED) is 0.405. The lowest BCUT2D eigenvalue weighted by molar-refractivity contribution is -0.143. The lowest BCUT2D eigenvalue weighted by Crippen LogP contribution is -2.51. The molecule has 0 aromatic heterocycles. The normalized spacial score (nSPS) is 13.2. The summed E-state index contributed by atoms with van der Waals surface area (Å²) in [5, 5.41) is 3.96. The number of amides is 2. The van der Waals surface area contributed by atoms with E-state index in [4.69, 9.17) is 27.9 Å². The summed E-state index contributed by atoms with van der Waals surface area (Å²) in [6.07, 6.45) is 1.25. The monoisotopic (exact) mass is 506 g/mol. The van der Waals surface area contributed by atoms with E-state index in [-0.39, 0.29) is 36.4 Å². The van der Waals surface area contributed by atoms with Crippen molar-refractivity contribution in [2.75, 3.05) is 6.61 Å². The number of hydrogen-bond donors (Lipinski definition) is 1. The van der Waals surface area contributed by atoms with Gasteiger partial charge >= 0.3 is 0 Å². The Balaban J connectivity index is 2.32. The van der Waals surface area contributed by atoms with Crippen molar-refractivity contribution in [1.82, 2.24) is 10.2 Å². The highest BCUT2D eigenvalue weighted by atomic mass is 35.5. The first-order valence-electron chi connectivity index (χ1n) is 11.7. The highest BCUT2D eigenvalue weighted by Gasteiger charge is 2.30. The van der Waals surface area contributed by atoms with Gasteiger partial charge in [-0.05, 0) is 54.5 Å². The fourth-order valence-corrected chi connectivity index (χ4v) is 4.10. The Bertz CT molecular complexity index is 988. The second kappa shape index (κ2) is 12.5. The summed E-state index contributed by atoms with van der Waals surface area (Å²) >= 11 is 12.5. The third kappa shape index (κ3) is 7.64. The van der Waals surface area contributed by atoms with Crippen LogP contribution in [0.4, 0.5) is 0 Å². The van der Waals surface area contributed by atoms with E-state index in [1.54, 1.807) is 23.1 Å². The molecule has 2 amide bonds. The van der Waals surface area contributed by atoms with Crippen LogP contribution in [0, 0.1) is 0 Å². The van der Waals surface area contributed by atoms with Crippen LogP contribution in [-0.4, -0.2) is 35.4 Å². The lowest BCUT2D eigenvalue weighted by Gasteiger charge is -2.32. The van der Waals surface area contributed by atoms with Gasteiger partial charge in [0.1, 0.15) is 11.8 Å². The summed E-state index contributed by atoms with van der Waals surface area (Å²) < 4.78 is 5.99. The molecule has 2 aromatic rings. The Morgan fingerprint density at radius 1 is 1.06 bits per heavy atom. The SMILES string of the molecule is CC[C@@H](C)NC(=O)[C@H](CC)N(Cc1ccc(Cl)cc1Cl)C(=O)COc1ccccc1C(C)(C)C. The summed E-state index contributed by atoms with van der Waals surface area (Å²) in [7, 11) is 0. The van der Waals surface area contributed by atoms with Gasteiger partial charge in [0.2, 0.25) is 5.91 Å². The van der Waals surface area contributed by atoms with Crippen LogP contribution in [0.25, 0.3) is 0 Å². The zero-order chi connectivity index (χ0) is 25.5. The number of nitrogens with zero attached hydrogens (tertiary/aromatic N) is 1. The molecule has 186 valence electrons. The molecule has 2 aromatic carbocycles. The van der Waals surface area contributed by atoms with Crippen molar-refractivity contribution in [2.24, 2.45) is 0 Å². The van der Waals surface area contributed by atoms with Crippen LogP contribution >= 0.6 is 23.2 Å². The maximum Gasteiger partial charge on any atom is 0.261 e. The molecule has 1 N–H and O–H groups in total. The third-order valence-electron chi connectivity index (χ3n) is 5.79. The summed E-state index contributed by atoms with van der Waals surface area (Å²) in [5.74, 6) is 0.177.